The van der Waals surface area contributed by atoms with Crippen molar-refractivity contribution in [3.8, 4) is 0 Å². The molecule has 0 aromatic rings. The molecule has 0 amide bonds. The summed E-state index contributed by atoms with van der Waals surface area (Å²) in [6.07, 6.45) is 5.32. The van der Waals surface area contributed by atoms with E-state index in [9.17, 15) is 0 Å². The number of nitrogens with one attached hydrogen (secondary N) is 1. The highest BCUT2D eigenvalue weighted by atomic mass is 15.0. The van der Waals surface area contributed by atoms with Gasteiger partial charge in [-0.1, -0.05) is 6.92 Å². The summed E-state index contributed by atoms with van der Waals surface area (Å²) in [5.41, 5.74) is 6.01. The molecule has 2 nitrogen and oxygen atoms in total. The fourth-order valence-electron chi connectivity index (χ4n) is 1.62. The molecular formula is C10H22N2. The van der Waals surface area contributed by atoms with Gasteiger partial charge in [-0.05, 0) is 51.6 Å². The van der Waals surface area contributed by atoms with Crippen molar-refractivity contribution < 1.29 is 0 Å². The number of nitrogens with two attached hydrogens (primary N) is 1. The predicted molar refractivity (Wildman–Crippen MR) is 53.1 cm³/mol. The molecule has 0 radical (unpaired) electrons. The first-order valence-corrected chi connectivity index (χ1v) is 5.11. The largest absolute Gasteiger partial charge is 0.330 e. The Labute approximate surface area is 75.9 Å². The fraction of sp³-hybridized carbons (Fsp3) is 1.00. The molecular weight excluding hydrogens is 148 g/mol. The third-order valence-corrected chi connectivity index (χ3v) is 3.05. The Bertz CT molecular complexity index is 130. The van der Waals surface area contributed by atoms with Crippen LogP contribution < -0.4 is 11.1 Å². The zero-order chi connectivity index (χ0) is 9.03. The monoisotopic (exact) mass is 170 g/mol. The summed E-state index contributed by atoms with van der Waals surface area (Å²) < 4.78 is 0. The Morgan fingerprint density at radius 1 is 1.50 bits per heavy atom. The fourth-order valence-corrected chi connectivity index (χ4v) is 1.62. The van der Waals surface area contributed by atoms with E-state index < -0.39 is 0 Å². The molecule has 1 rings (SSSR count). The van der Waals surface area contributed by atoms with E-state index in [2.05, 4.69) is 19.2 Å². The van der Waals surface area contributed by atoms with Gasteiger partial charge in [0.25, 0.3) is 0 Å². The van der Waals surface area contributed by atoms with Crippen molar-refractivity contribution in [2.75, 3.05) is 13.1 Å². The van der Waals surface area contributed by atoms with Crippen LogP contribution in [0.4, 0.5) is 0 Å². The minimum atomic E-state index is 0.467. The molecule has 0 aromatic carbocycles. The van der Waals surface area contributed by atoms with Gasteiger partial charge in [-0.25, -0.2) is 0 Å². The molecule has 0 spiro atoms. The van der Waals surface area contributed by atoms with Crippen LogP contribution >= 0.6 is 0 Å². The molecule has 0 aromatic heterocycles. The molecule has 0 heterocycles. The smallest absolute Gasteiger partial charge is 0.0153 e. The lowest BCUT2D eigenvalue weighted by atomic mass is 9.78. The predicted octanol–water partition coefficient (Wildman–Crippen LogP) is 1.50. The van der Waals surface area contributed by atoms with Crippen molar-refractivity contribution in [2.24, 2.45) is 11.7 Å². The van der Waals surface area contributed by atoms with Crippen LogP contribution in [0.3, 0.4) is 0 Å². The number of rotatable bonds is 5. The third kappa shape index (κ3) is 2.76. The lowest BCUT2D eigenvalue weighted by molar-refractivity contribution is 0.205. The van der Waals surface area contributed by atoms with E-state index >= 15 is 0 Å². The molecule has 0 aliphatic heterocycles. The van der Waals surface area contributed by atoms with E-state index in [0.29, 0.717) is 11.5 Å². The van der Waals surface area contributed by atoms with Gasteiger partial charge < -0.3 is 11.1 Å². The lowest BCUT2D eigenvalue weighted by Crippen LogP contribution is -2.48. The van der Waals surface area contributed by atoms with Gasteiger partial charge in [0.15, 0.2) is 0 Å². The first-order valence-electron chi connectivity index (χ1n) is 5.11. The summed E-state index contributed by atoms with van der Waals surface area (Å²) in [7, 11) is 0. The molecule has 1 unspecified atom stereocenters. The molecule has 0 bridgehead atoms. The summed E-state index contributed by atoms with van der Waals surface area (Å²) in [5.74, 6) is 0.668. The average molecular weight is 170 g/mol. The minimum Gasteiger partial charge on any atom is -0.330 e. The molecule has 0 saturated heterocycles. The van der Waals surface area contributed by atoms with Gasteiger partial charge in [-0.15, -0.1) is 0 Å². The maximum atomic E-state index is 5.54. The van der Waals surface area contributed by atoms with E-state index in [-0.39, 0.29) is 0 Å². The second-order valence-electron chi connectivity index (χ2n) is 4.47. The van der Waals surface area contributed by atoms with Gasteiger partial charge in [-0.3, -0.25) is 0 Å². The highest BCUT2D eigenvalue weighted by Crippen LogP contribution is 2.30. The van der Waals surface area contributed by atoms with E-state index in [0.717, 1.165) is 13.1 Å². The maximum absolute atomic E-state index is 5.54. The standard InChI is InChI=1S/C10H22N2/c1-9(8-11)4-7-12-10(2)5-3-6-10/h9,12H,3-8,11H2,1-2H3. The zero-order valence-corrected chi connectivity index (χ0v) is 8.40. The van der Waals surface area contributed by atoms with Crippen molar-refractivity contribution in [1.82, 2.24) is 5.32 Å². The van der Waals surface area contributed by atoms with Crippen LogP contribution in [0.2, 0.25) is 0 Å². The second-order valence-corrected chi connectivity index (χ2v) is 4.47. The summed E-state index contributed by atoms with van der Waals surface area (Å²) in [4.78, 5) is 0. The van der Waals surface area contributed by atoms with Crippen molar-refractivity contribution in [3.05, 3.63) is 0 Å². The number of hydrogen-bond acceptors (Lipinski definition) is 2. The average Bonchev–Trinajstić information content (AvgIpc) is 2.01. The van der Waals surface area contributed by atoms with Gasteiger partial charge in [0.05, 0.1) is 0 Å². The Balaban J connectivity index is 2.01. The molecule has 1 atom stereocenters. The zero-order valence-electron chi connectivity index (χ0n) is 8.40. The summed E-state index contributed by atoms with van der Waals surface area (Å²) in [6, 6.07) is 0. The van der Waals surface area contributed by atoms with Crippen molar-refractivity contribution >= 4 is 0 Å². The van der Waals surface area contributed by atoms with Crippen LogP contribution in [-0.4, -0.2) is 18.6 Å². The van der Waals surface area contributed by atoms with Gasteiger partial charge in [0.1, 0.15) is 0 Å². The van der Waals surface area contributed by atoms with Crippen LogP contribution in [0.15, 0.2) is 0 Å². The molecule has 2 heteroatoms. The second kappa shape index (κ2) is 4.24. The third-order valence-electron chi connectivity index (χ3n) is 3.05. The lowest BCUT2D eigenvalue weighted by Gasteiger charge is -2.39. The van der Waals surface area contributed by atoms with Crippen LogP contribution in [-0.2, 0) is 0 Å². The van der Waals surface area contributed by atoms with Gasteiger partial charge in [-0.2, -0.15) is 0 Å². The van der Waals surface area contributed by atoms with Gasteiger partial charge in [0.2, 0.25) is 0 Å². The minimum absolute atomic E-state index is 0.467. The molecule has 12 heavy (non-hydrogen) atoms. The number of hydrogen-bond donors (Lipinski definition) is 2. The topological polar surface area (TPSA) is 38.0 Å². The Hall–Kier alpha value is -0.0800. The SMILES string of the molecule is CC(CN)CCNC1(C)CCC1. The van der Waals surface area contributed by atoms with Gasteiger partial charge in [0, 0.05) is 5.54 Å². The Morgan fingerprint density at radius 2 is 2.17 bits per heavy atom. The quantitative estimate of drug-likeness (QED) is 0.656. The molecule has 1 aliphatic carbocycles. The van der Waals surface area contributed by atoms with Crippen molar-refractivity contribution in [3.63, 3.8) is 0 Å². The van der Waals surface area contributed by atoms with Gasteiger partial charge >= 0.3 is 0 Å². The first kappa shape index (κ1) is 10.0. The van der Waals surface area contributed by atoms with E-state index in [1.54, 1.807) is 0 Å². The molecule has 1 fully saturated rings. The summed E-state index contributed by atoms with van der Waals surface area (Å²) in [6.45, 7) is 6.49. The molecule has 1 saturated carbocycles. The van der Waals surface area contributed by atoms with Crippen LogP contribution in [0.5, 0.6) is 0 Å². The van der Waals surface area contributed by atoms with Crippen LogP contribution in [0, 0.1) is 5.92 Å². The highest BCUT2D eigenvalue weighted by Gasteiger charge is 2.30. The Morgan fingerprint density at radius 3 is 2.58 bits per heavy atom. The van der Waals surface area contributed by atoms with E-state index in [1.807, 2.05) is 0 Å². The van der Waals surface area contributed by atoms with Crippen LogP contribution in [0.1, 0.15) is 39.5 Å². The Kier molecular flexibility index (Phi) is 3.53. The maximum Gasteiger partial charge on any atom is 0.0153 e. The van der Waals surface area contributed by atoms with E-state index in [4.69, 9.17) is 5.73 Å². The molecule has 1 aliphatic rings. The molecule has 72 valence electrons. The first-order chi connectivity index (χ1) is 5.66. The van der Waals surface area contributed by atoms with E-state index in [1.165, 1.54) is 25.7 Å². The summed E-state index contributed by atoms with van der Waals surface area (Å²) in [5, 5.41) is 3.61. The van der Waals surface area contributed by atoms with Crippen LogP contribution in [0.25, 0.3) is 0 Å². The highest BCUT2D eigenvalue weighted by molar-refractivity contribution is 4.91. The molecule has 3 N–H and O–H groups in total. The normalized spacial score (nSPS) is 23.2. The van der Waals surface area contributed by atoms with Crippen molar-refractivity contribution in [1.29, 1.82) is 0 Å². The summed E-state index contributed by atoms with van der Waals surface area (Å²) >= 11 is 0. The van der Waals surface area contributed by atoms with Crippen molar-refractivity contribution in [2.45, 2.75) is 45.1 Å².